The van der Waals surface area contributed by atoms with E-state index in [1.807, 2.05) is 13.8 Å². The van der Waals surface area contributed by atoms with Gasteiger partial charge in [0.15, 0.2) is 17.0 Å². The number of hydrogen-bond donors (Lipinski definition) is 3. The molecule has 0 atom stereocenters. The third-order valence-electron chi connectivity index (χ3n) is 4.84. The summed E-state index contributed by atoms with van der Waals surface area (Å²) < 4.78 is 40.3. The summed E-state index contributed by atoms with van der Waals surface area (Å²) in [5.41, 5.74) is 6.86. The van der Waals surface area contributed by atoms with Gasteiger partial charge in [0.1, 0.15) is 0 Å². The first kappa shape index (κ1) is 23.9. The molecule has 0 aliphatic heterocycles. The lowest BCUT2D eigenvalue weighted by molar-refractivity contribution is -0.137. The van der Waals surface area contributed by atoms with Crippen molar-refractivity contribution < 1.29 is 13.2 Å². The van der Waals surface area contributed by atoms with Crippen molar-refractivity contribution in [1.29, 1.82) is 0 Å². The fourth-order valence-corrected chi connectivity index (χ4v) is 3.81. The molecule has 34 heavy (non-hydrogen) atoms. The van der Waals surface area contributed by atoms with E-state index in [-0.39, 0.29) is 17.7 Å². The minimum Gasteiger partial charge on any atom is -0.369 e. The molecule has 0 spiro atoms. The van der Waals surface area contributed by atoms with Crippen molar-refractivity contribution in [3.63, 3.8) is 0 Å². The minimum atomic E-state index is -4.43. The van der Waals surface area contributed by atoms with E-state index in [9.17, 15) is 13.2 Å². The maximum atomic E-state index is 12.9. The number of para-hydroxylation sites is 1. The van der Waals surface area contributed by atoms with Crippen LogP contribution in [0.25, 0.3) is 16.9 Å². The Morgan fingerprint density at radius 2 is 1.65 bits per heavy atom. The first-order valence-electron chi connectivity index (χ1n) is 10.2. The first-order chi connectivity index (χ1) is 16.0. The molecule has 0 amide bonds. The Labute approximate surface area is 203 Å². The normalized spacial score (nSPS) is 11.9. The molecule has 12 heteroatoms. The summed E-state index contributed by atoms with van der Waals surface area (Å²) in [4.78, 5) is 13.4. The lowest BCUT2D eigenvalue weighted by Gasteiger charge is -2.13. The highest BCUT2D eigenvalue weighted by Crippen LogP contribution is 2.36. The number of benzene rings is 2. The molecule has 2 aromatic carbocycles. The van der Waals surface area contributed by atoms with Gasteiger partial charge in [0.25, 0.3) is 0 Å². The van der Waals surface area contributed by atoms with Crippen molar-refractivity contribution in [2.75, 3.05) is 22.9 Å². The van der Waals surface area contributed by atoms with E-state index >= 15 is 0 Å². The number of nitrogens with two attached hydrogens (primary N) is 1. The standard InChI is InChI=1S/C22H20Cl2F3N7/c1-11(2)10-29-21-32-18(30-13-8-6-12(7-9-13)22(25,26)27)16-19(33-21)34(20(28)31-16)17-14(23)4-3-5-15(17)24/h3-9,11H,10H2,1-2H3,(H2,28,31)(H2,29,30,32,33). The van der Waals surface area contributed by atoms with E-state index in [1.54, 1.807) is 18.2 Å². The van der Waals surface area contributed by atoms with Gasteiger partial charge >= 0.3 is 6.18 Å². The van der Waals surface area contributed by atoms with Gasteiger partial charge in [-0.15, -0.1) is 0 Å². The Morgan fingerprint density at radius 3 is 2.24 bits per heavy atom. The zero-order chi connectivity index (χ0) is 24.6. The molecular weight excluding hydrogens is 490 g/mol. The van der Waals surface area contributed by atoms with Crippen molar-refractivity contribution in [2.45, 2.75) is 20.0 Å². The van der Waals surface area contributed by atoms with Gasteiger partial charge in [-0.25, -0.2) is 4.98 Å². The molecule has 0 saturated heterocycles. The van der Waals surface area contributed by atoms with Crippen LogP contribution < -0.4 is 16.4 Å². The molecule has 2 heterocycles. The number of imidazole rings is 1. The lowest BCUT2D eigenvalue weighted by Crippen LogP contribution is -2.12. The molecule has 0 radical (unpaired) electrons. The highest BCUT2D eigenvalue weighted by molar-refractivity contribution is 6.38. The Morgan fingerprint density at radius 1 is 1.00 bits per heavy atom. The van der Waals surface area contributed by atoms with Crippen LogP contribution in [0, 0.1) is 5.92 Å². The van der Waals surface area contributed by atoms with Crippen LogP contribution in [-0.2, 0) is 6.18 Å². The molecule has 4 rings (SSSR count). The number of nitrogens with one attached hydrogen (secondary N) is 2. The predicted molar refractivity (Wildman–Crippen MR) is 129 cm³/mol. The maximum Gasteiger partial charge on any atom is 0.416 e. The number of hydrogen-bond acceptors (Lipinski definition) is 6. The molecule has 0 saturated carbocycles. The van der Waals surface area contributed by atoms with Crippen LogP contribution in [0.15, 0.2) is 42.5 Å². The van der Waals surface area contributed by atoms with Crippen LogP contribution in [0.4, 0.5) is 36.6 Å². The molecule has 0 unspecified atom stereocenters. The summed E-state index contributed by atoms with van der Waals surface area (Å²) in [5.74, 6) is 0.902. The fourth-order valence-electron chi connectivity index (χ4n) is 3.24. The Bertz CT molecular complexity index is 1320. The number of aromatic nitrogens is 4. The second-order valence-corrected chi connectivity index (χ2v) is 8.73. The van der Waals surface area contributed by atoms with E-state index in [2.05, 4.69) is 25.6 Å². The van der Waals surface area contributed by atoms with Crippen molar-refractivity contribution in [2.24, 2.45) is 5.92 Å². The van der Waals surface area contributed by atoms with Crippen LogP contribution in [0.2, 0.25) is 10.0 Å². The van der Waals surface area contributed by atoms with E-state index in [4.69, 9.17) is 28.9 Å². The smallest absolute Gasteiger partial charge is 0.369 e. The molecular formula is C22H20Cl2F3N7. The maximum absolute atomic E-state index is 12.9. The Balaban J connectivity index is 1.86. The number of nitrogens with zero attached hydrogens (tertiary/aromatic N) is 4. The second-order valence-electron chi connectivity index (χ2n) is 7.92. The molecule has 2 aromatic heterocycles. The third kappa shape index (κ3) is 4.83. The van der Waals surface area contributed by atoms with Gasteiger partial charge in [0, 0.05) is 12.2 Å². The van der Waals surface area contributed by atoms with E-state index < -0.39 is 11.7 Å². The summed E-state index contributed by atoms with van der Waals surface area (Å²) in [7, 11) is 0. The largest absolute Gasteiger partial charge is 0.416 e. The summed E-state index contributed by atoms with van der Waals surface area (Å²) >= 11 is 12.8. The molecule has 178 valence electrons. The molecule has 0 bridgehead atoms. The number of nitrogen functional groups attached to an aromatic ring is 1. The number of halogens is 5. The zero-order valence-electron chi connectivity index (χ0n) is 18.1. The van der Waals surface area contributed by atoms with Crippen molar-refractivity contribution in [1.82, 2.24) is 19.5 Å². The van der Waals surface area contributed by atoms with Gasteiger partial charge in [-0.3, -0.25) is 4.57 Å². The molecule has 0 fully saturated rings. The number of alkyl halides is 3. The SMILES string of the molecule is CC(C)CNc1nc(Nc2ccc(C(F)(F)F)cc2)c2nc(N)n(-c3c(Cl)cccc3Cl)c2n1. The van der Waals surface area contributed by atoms with Gasteiger partial charge in [0.2, 0.25) is 11.9 Å². The molecule has 4 N–H and O–H groups in total. The van der Waals surface area contributed by atoms with Crippen molar-refractivity contribution in [3.05, 3.63) is 58.1 Å². The van der Waals surface area contributed by atoms with E-state index in [0.717, 1.165) is 12.1 Å². The fraction of sp³-hybridized carbons (Fsp3) is 0.227. The summed E-state index contributed by atoms with van der Waals surface area (Å²) in [6, 6.07) is 9.60. The van der Waals surface area contributed by atoms with Crippen molar-refractivity contribution >= 4 is 57.8 Å². The number of anilines is 4. The third-order valence-corrected chi connectivity index (χ3v) is 5.45. The highest BCUT2D eigenvalue weighted by atomic mass is 35.5. The summed E-state index contributed by atoms with van der Waals surface area (Å²) in [6.07, 6.45) is -4.43. The van der Waals surface area contributed by atoms with Crippen LogP contribution >= 0.6 is 23.2 Å². The predicted octanol–water partition coefficient (Wildman–Crippen LogP) is 6.53. The van der Waals surface area contributed by atoms with Crippen LogP contribution in [-0.4, -0.2) is 26.1 Å². The Hall–Kier alpha value is -3.24. The summed E-state index contributed by atoms with van der Waals surface area (Å²) in [5, 5.41) is 6.85. The zero-order valence-corrected chi connectivity index (χ0v) is 19.6. The van der Waals surface area contributed by atoms with Crippen LogP contribution in [0.5, 0.6) is 0 Å². The summed E-state index contributed by atoms with van der Waals surface area (Å²) in [6.45, 7) is 4.64. The topological polar surface area (TPSA) is 93.7 Å². The van der Waals surface area contributed by atoms with Gasteiger partial charge in [-0.1, -0.05) is 43.1 Å². The van der Waals surface area contributed by atoms with E-state index in [0.29, 0.717) is 45.0 Å². The van der Waals surface area contributed by atoms with E-state index in [1.165, 1.54) is 16.7 Å². The molecule has 7 nitrogen and oxygen atoms in total. The van der Waals surface area contributed by atoms with Gasteiger partial charge in [-0.05, 0) is 42.3 Å². The lowest BCUT2D eigenvalue weighted by atomic mass is 10.2. The molecule has 0 aliphatic rings. The highest BCUT2D eigenvalue weighted by Gasteiger charge is 2.30. The quantitative estimate of drug-likeness (QED) is 0.273. The molecule has 0 aliphatic carbocycles. The molecule has 4 aromatic rings. The van der Waals surface area contributed by atoms with Gasteiger partial charge < -0.3 is 16.4 Å². The van der Waals surface area contributed by atoms with Crippen LogP contribution in [0.3, 0.4) is 0 Å². The van der Waals surface area contributed by atoms with Gasteiger partial charge in [0.05, 0.1) is 21.3 Å². The number of fused-ring (bicyclic) bond motifs is 1. The monoisotopic (exact) mass is 509 g/mol. The Kier molecular flexibility index (Phi) is 6.46. The average Bonchev–Trinajstić information content (AvgIpc) is 3.08. The number of rotatable bonds is 6. The second kappa shape index (κ2) is 9.19. The minimum absolute atomic E-state index is 0.0655. The average molecular weight is 510 g/mol. The van der Waals surface area contributed by atoms with Crippen LogP contribution in [0.1, 0.15) is 19.4 Å². The van der Waals surface area contributed by atoms with Gasteiger partial charge in [-0.2, -0.15) is 23.1 Å². The van der Waals surface area contributed by atoms with Crippen molar-refractivity contribution in [3.8, 4) is 5.69 Å². The first-order valence-corrected chi connectivity index (χ1v) is 11.0.